The lowest BCUT2D eigenvalue weighted by atomic mass is 9.90. The Morgan fingerprint density at radius 2 is 2.00 bits per heavy atom. The van der Waals surface area contributed by atoms with E-state index in [9.17, 15) is 5.11 Å². The molecule has 2 unspecified atom stereocenters. The monoisotopic (exact) mass is 199 g/mol. The highest BCUT2D eigenvalue weighted by atomic mass is 16.3. The van der Waals surface area contributed by atoms with Crippen molar-refractivity contribution < 1.29 is 5.11 Å². The molecule has 1 rings (SSSR count). The number of piperidine rings is 1. The van der Waals surface area contributed by atoms with E-state index in [1.165, 1.54) is 6.42 Å². The SMILES string of the molecule is CC1CCN(CCC(C)(C)C)CC1O. The molecule has 0 aliphatic carbocycles. The molecule has 1 saturated heterocycles. The van der Waals surface area contributed by atoms with Crippen molar-refractivity contribution in [2.45, 2.75) is 46.6 Å². The van der Waals surface area contributed by atoms with Crippen LogP contribution in [0.1, 0.15) is 40.5 Å². The van der Waals surface area contributed by atoms with Crippen molar-refractivity contribution in [2.75, 3.05) is 19.6 Å². The molecule has 0 bridgehead atoms. The molecule has 2 atom stereocenters. The fourth-order valence-electron chi connectivity index (χ4n) is 1.81. The van der Waals surface area contributed by atoms with E-state index in [0.717, 1.165) is 26.1 Å². The van der Waals surface area contributed by atoms with E-state index >= 15 is 0 Å². The molecule has 2 heteroatoms. The summed E-state index contributed by atoms with van der Waals surface area (Å²) < 4.78 is 0. The molecule has 0 aromatic carbocycles. The third-order valence-corrected chi connectivity index (χ3v) is 3.18. The van der Waals surface area contributed by atoms with Gasteiger partial charge in [0.1, 0.15) is 0 Å². The van der Waals surface area contributed by atoms with Gasteiger partial charge in [-0.1, -0.05) is 27.7 Å². The van der Waals surface area contributed by atoms with Crippen LogP contribution in [0.5, 0.6) is 0 Å². The maximum Gasteiger partial charge on any atom is 0.0693 e. The highest BCUT2D eigenvalue weighted by Gasteiger charge is 2.24. The molecule has 84 valence electrons. The largest absolute Gasteiger partial charge is 0.392 e. The molecule has 2 nitrogen and oxygen atoms in total. The van der Waals surface area contributed by atoms with Gasteiger partial charge in [0, 0.05) is 6.54 Å². The Labute approximate surface area is 88.3 Å². The maximum absolute atomic E-state index is 9.74. The summed E-state index contributed by atoms with van der Waals surface area (Å²) in [7, 11) is 0. The van der Waals surface area contributed by atoms with E-state index in [0.29, 0.717) is 11.3 Å². The van der Waals surface area contributed by atoms with Gasteiger partial charge in [0.05, 0.1) is 6.10 Å². The van der Waals surface area contributed by atoms with E-state index in [2.05, 4.69) is 32.6 Å². The second kappa shape index (κ2) is 4.63. The second-order valence-corrected chi connectivity index (χ2v) is 5.94. The first kappa shape index (κ1) is 12.0. The summed E-state index contributed by atoms with van der Waals surface area (Å²) in [4.78, 5) is 2.40. The van der Waals surface area contributed by atoms with Gasteiger partial charge in [-0.15, -0.1) is 0 Å². The molecule has 0 aromatic heterocycles. The summed E-state index contributed by atoms with van der Waals surface area (Å²) in [6.45, 7) is 12.1. The van der Waals surface area contributed by atoms with Gasteiger partial charge in [-0.05, 0) is 37.3 Å². The summed E-state index contributed by atoms with van der Waals surface area (Å²) in [5.74, 6) is 0.487. The first-order valence-corrected chi connectivity index (χ1v) is 5.79. The van der Waals surface area contributed by atoms with E-state index in [1.54, 1.807) is 0 Å². The number of β-amino-alcohol motifs (C(OH)–C–C–N with tert-alkyl or cyclic N) is 1. The van der Waals surface area contributed by atoms with Crippen molar-refractivity contribution in [2.24, 2.45) is 11.3 Å². The Morgan fingerprint density at radius 3 is 2.50 bits per heavy atom. The smallest absolute Gasteiger partial charge is 0.0693 e. The van der Waals surface area contributed by atoms with Crippen molar-refractivity contribution in [3.63, 3.8) is 0 Å². The molecule has 1 aliphatic heterocycles. The predicted molar refractivity (Wildman–Crippen MR) is 60.3 cm³/mol. The molecule has 0 spiro atoms. The van der Waals surface area contributed by atoms with Gasteiger partial charge < -0.3 is 10.0 Å². The zero-order valence-corrected chi connectivity index (χ0v) is 10.1. The predicted octanol–water partition coefficient (Wildman–Crippen LogP) is 2.13. The summed E-state index contributed by atoms with van der Waals surface area (Å²) in [6, 6.07) is 0. The van der Waals surface area contributed by atoms with E-state index in [-0.39, 0.29) is 6.10 Å². The molecule has 0 aromatic rings. The molecule has 1 aliphatic rings. The van der Waals surface area contributed by atoms with Gasteiger partial charge in [-0.25, -0.2) is 0 Å². The zero-order chi connectivity index (χ0) is 10.8. The van der Waals surface area contributed by atoms with Gasteiger partial charge in [-0.2, -0.15) is 0 Å². The Balaban J connectivity index is 2.27. The standard InChI is InChI=1S/C12H25NO/c1-10-5-7-13(9-11(10)14)8-6-12(2,3)4/h10-11,14H,5-9H2,1-4H3. The van der Waals surface area contributed by atoms with Crippen LogP contribution in [0.3, 0.4) is 0 Å². The van der Waals surface area contributed by atoms with E-state index < -0.39 is 0 Å². The Bertz CT molecular complexity index is 174. The zero-order valence-electron chi connectivity index (χ0n) is 10.1. The second-order valence-electron chi connectivity index (χ2n) is 5.94. The van der Waals surface area contributed by atoms with Crippen molar-refractivity contribution in [3.05, 3.63) is 0 Å². The van der Waals surface area contributed by atoms with Crippen molar-refractivity contribution in [3.8, 4) is 0 Å². The molecular weight excluding hydrogens is 174 g/mol. The number of nitrogens with zero attached hydrogens (tertiary/aromatic N) is 1. The van der Waals surface area contributed by atoms with Crippen molar-refractivity contribution in [1.82, 2.24) is 4.90 Å². The minimum atomic E-state index is -0.108. The van der Waals surface area contributed by atoms with Crippen LogP contribution in [0.2, 0.25) is 0 Å². The fraction of sp³-hybridized carbons (Fsp3) is 1.00. The van der Waals surface area contributed by atoms with Crippen LogP contribution < -0.4 is 0 Å². The summed E-state index contributed by atoms with van der Waals surface area (Å²) >= 11 is 0. The van der Waals surface area contributed by atoms with Gasteiger partial charge in [-0.3, -0.25) is 0 Å². The lowest BCUT2D eigenvalue weighted by Gasteiger charge is -2.35. The number of hydrogen-bond acceptors (Lipinski definition) is 2. The lowest BCUT2D eigenvalue weighted by Crippen LogP contribution is -2.43. The maximum atomic E-state index is 9.74. The van der Waals surface area contributed by atoms with Gasteiger partial charge in [0.15, 0.2) is 0 Å². The highest BCUT2D eigenvalue weighted by Crippen LogP contribution is 2.22. The molecule has 14 heavy (non-hydrogen) atoms. The number of likely N-dealkylation sites (tertiary alicyclic amines) is 1. The fourth-order valence-corrected chi connectivity index (χ4v) is 1.81. The summed E-state index contributed by atoms with van der Waals surface area (Å²) in [5, 5.41) is 9.74. The minimum absolute atomic E-state index is 0.108. The molecule has 0 amide bonds. The molecule has 0 radical (unpaired) electrons. The number of rotatable bonds is 2. The summed E-state index contributed by atoms with van der Waals surface area (Å²) in [5.41, 5.74) is 0.411. The highest BCUT2D eigenvalue weighted by molar-refractivity contribution is 4.78. The molecule has 1 N–H and O–H groups in total. The third-order valence-electron chi connectivity index (χ3n) is 3.18. The van der Waals surface area contributed by atoms with E-state index in [1.807, 2.05) is 0 Å². The van der Waals surface area contributed by atoms with Crippen LogP contribution in [-0.4, -0.2) is 35.7 Å². The third kappa shape index (κ3) is 3.97. The van der Waals surface area contributed by atoms with Gasteiger partial charge in [0.25, 0.3) is 0 Å². The van der Waals surface area contributed by atoms with Crippen LogP contribution in [0.25, 0.3) is 0 Å². The Morgan fingerprint density at radius 1 is 1.36 bits per heavy atom. The quantitative estimate of drug-likeness (QED) is 0.736. The normalized spacial score (nSPS) is 30.6. The average Bonchev–Trinajstić information content (AvgIpc) is 2.06. The van der Waals surface area contributed by atoms with Crippen LogP contribution in [-0.2, 0) is 0 Å². The first-order chi connectivity index (χ1) is 6.38. The van der Waals surface area contributed by atoms with Crippen LogP contribution in [0.4, 0.5) is 0 Å². The molecule has 1 heterocycles. The molecule has 0 saturated carbocycles. The minimum Gasteiger partial charge on any atom is -0.392 e. The first-order valence-electron chi connectivity index (χ1n) is 5.79. The molecule has 1 fully saturated rings. The molecular formula is C12H25NO. The summed E-state index contributed by atoms with van der Waals surface area (Å²) in [6.07, 6.45) is 2.25. The van der Waals surface area contributed by atoms with Crippen LogP contribution in [0.15, 0.2) is 0 Å². The Kier molecular flexibility index (Phi) is 3.96. The van der Waals surface area contributed by atoms with Gasteiger partial charge in [0.2, 0.25) is 0 Å². The number of hydrogen-bond donors (Lipinski definition) is 1. The van der Waals surface area contributed by atoms with Crippen LogP contribution >= 0.6 is 0 Å². The van der Waals surface area contributed by atoms with E-state index in [4.69, 9.17) is 0 Å². The van der Waals surface area contributed by atoms with Crippen molar-refractivity contribution >= 4 is 0 Å². The average molecular weight is 199 g/mol. The number of aliphatic hydroxyl groups excluding tert-OH is 1. The van der Waals surface area contributed by atoms with Gasteiger partial charge >= 0.3 is 0 Å². The van der Waals surface area contributed by atoms with Crippen LogP contribution in [0, 0.1) is 11.3 Å². The number of aliphatic hydroxyl groups is 1. The topological polar surface area (TPSA) is 23.5 Å². The van der Waals surface area contributed by atoms with Crippen molar-refractivity contribution in [1.29, 1.82) is 0 Å². The Hall–Kier alpha value is -0.0800. The lowest BCUT2D eigenvalue weighted by molar-refractivity contribution is 0.0253.